The van der Waals surface area contributed by atoms with Crippen LogP contribution in [0.15, 0.2) is 138 Å². The van der Waals surface area contributed by atoms with Gasteiger partial charge in [0.2, 0.25) is 0 Å². The van der Waals surface area contributed by atoms with Crippen LogP contribution in [0.4, 0.5) is 0 Å². The van der Waals surface area contributed by atoms with Gasteiger partial charge in [-0.2, -0.15) is 8.42 Å². The van der Waals surface area contributed by atoms with Crippen molar-refractivity contribution in [1.82, 2.24) is 0 Å². The first-order valence-electron chi connectivity index (χ1n) is 15.2. The first-order valence-corrected chi connectivity index (χ1v) is 16.6. The molecule has 238 valence electrons. The predicted molar refractivity (Wildman–Crippen MR) is 177 cm³/mol. The third-order valence-corrected chi connectivity index (χ3v) is 9.53. The maximum atomic E-state index is 14.0. The van der Waals surface area contributed by atoms with Crippen LogP contribution in [0.5, 0.6) is 5.75 Å². The predicted octanol–water partition coefficient (Wildman–Crippen LogP) is 6.21. The van der Waals surface area contributed by atoms with E-state index in [-0.39, 0.29) is 36.3 Å². The lowest BCUT2D eigenvalue weighted by atomic mass is 9.85. The third kappa shape index (κ3) is 6.96. The van der Waals surface area contributed by atoms with Gasteiger partial charge >= 0.3 is 22.1 Å². The van der Waals surface area contributed by atoms with Gasteiger partial charge in [0.15, 0.2) is 0 Å². The Morgan fingerprint density at radius 3 is 1.81 bits per heavy atom. The molecule has 2 atom stereocenters. The van der Waals surface area contributed by atoms with Crippen LogP contribution in [0.25, 0.3) is 11.1 Å². The zero-order chi connectivity index (χ0) is 32.8. The van der Waals surface area contributed by atoms with E-state index in [4.69, 9.17) is 19.4 Å². The van der Waals surface area contributed by atoms with Crippen molar-refractivity contribution < 1.29 is 31.7 Å². The second kappa shape index (κ2) is 14.0. The van der Waals surface area contributed by atoms with Crippen LogP contribution in [0.3, 0.4) is 0 Å². The Labute approximate surface area is 273 Å². The van der Waals surface area contributed by atoms with Gasteiger partial charge in [-0.3, -0.25) is 9.59 Å². The molecule has 2 N–H and O–H groups in total. The van der Waals surface area contributed by atoms with Gasteiger partial charge in [-0.25, -0.2) is 0 Å². The fourth-order valence-electron chi connectivity index (χ4n) is 5.92. The molecular formula is C38H33NO7S. The standard InChI is InChI=1S/C38H33NO7S/c39-23-34(37(40)44-24-26-11-3-1-4-12-26)36(27-19-21-28(22-20-27)46-47(42,43)29-13-5-2-6-14-29)38(41)45-25-35-32-17-9-7-15-30(32)31-16-8-10-18-33(31)35/h1-22,34-36H,23-25,39H2. The van der Waals surface area contributed by atoms with Crippen LogP contribution in [0.1, 0.15) is 34.1 Å². The van der Waals surface area contributed by atoms with Crippen LogP contribution < -0.4 is 9.92 Å². The Balaban J connectivity index is 1.26. The molecule has 0 saturated carbocycles. The van der Waals surface area contributed by atoms with Crippen molar-refractivity contribution in [3.05, 3.63) is 156 Å². The number of carbonyl (C=O) groups is 2. The maximum absolute atomic E-state index is 14.0. The van der Waals surface area contributed by atoms with E-state index in [1.54, 1.807) is 18.2 Å². The third-order valence-electron chi connectivity index (χ3n) is 8.27. The molecule has 0 spiro atoms. The molecule has 0 aromatic heterocycles. The normalized spacial score (nSPS) is 13.6. The molecule has 0 radical (unpaired) electrons. The van der Waals surface area contributed by atoms with E-state index < -0.39 is 33.9 Å². The van der Waals surface area contributed by atoms with Crippen LogP contribution >= 0.6 is 0 Å². The SMILES string of the molecule is NCC(C(=O)OCc1ccccc1)C(C(=O)OCC1c2ccccc2-c2ccccc21)c1ccc(OS(=O)(=O)c2ccccc2)cc1. The van der Waals surface area contributed by atoms with Crippen molar-refractivity contribution >= 4 is 22.1 Å². The molecular weight excluding hydrogens is 614 g/mol. The minimum Gasteiger partial charge on any atom is -0.464 e. The minimum atomic E-state index is -4.08. The first-order chi connectivity index (χ1) is 22.9. The molecule has 0 fully saturated rings. The van der Waals surface area contributed by atoms with E-state index in [2.05, 4.69) is 0 Å². The van der Waals surface area contributed by atoms with Gasteiger partial charge in [0.05, 0.1) is 11.8 Å². The number of rotatable bonds is 12. The molecule has 8 nitrogen and oxygen atoms in total. The summed E-state index contributed by atoms with van der Waals surface area (Å²) in [6, 6.07) is 38.9. The van der Waals surface area contributed by atoms with Crippen molar-refractivity contribution in [3.63, 3.8) is 0 Å². The molecule has 0 aliphatic heterocycles. The summed E-state index contributed by atoms with van der Waals surface area (Å²) in [5, 5.41) is 0. The average Bonchev–Trinajstić information content (AvgIpc) is 3.43. The largest absolute Gasteiger partial charge is 0.464 e. The van der Waals surface area contributed by atoms with Crippen molar-refractivity contribution in [3.8, 4) is 16.9 Å². The molecule has 1 aliphatic rings. The Morgan fingerprint density at radius 1 is 0.660 bits per heavy atom. The topological polar surface area (TPSA) is 122 Å². The lowest BCUT2D eigenvalue weighted by Crippen LogP contribution is -2.36. The van der Waals surface area contributed by atoms with E-state index in [1.807, 2.05) is 78.9 Å². The fourth-order valence-corrected chi connectivity index (χ4v) is 6.88. The van der Waals surface area contributed by atoms with Gasteiger partial charge < -0.3 is 19.4 Å². The highest BCUT2D eigenvalue weighted by Crippen LogP contribution is 2.44. The Hall–Kier alpha value is -5.25. The number of benzene rings is 5. The summed E-state index contributed by atoms with van der Waals surface area (Å²) in [6.07, 6.45) is 0. The van der Waals surface area contributed by atoms with Gasteiger partial charge in [-0.15, -0.1) is 0 Å². The monoisotopic (exact) mass is 647 g/mol. The minimum absolute atomic E-state index is 0.00458. The summed E-state index contributed by atoms with van der Waals surface area (Å²) in [6.45, 7) is -0.128. The molecule has 0 amide bonds. The summed E-state index contributed by atoms with van der Waals surface area (Å²) in [7, 11) is -4.08. The lowest BCUT2D eigenvalue weighted by molar-refractivity contribution is -0.158. The molecule has 5 aromatic rings. The van der Waals surface area contributed by atoms with Crippen molar-refractivity contribution in [2.75, 3.05) is 13.2 Å². The number of fused-ring (bicyclic) bond motifs is 3. The van der Waals surface area contributed by atoms with E-state index in [1.165, 1.54) is 36.4 Å². The number of hydrogen-bond donors (Lipinski definition) is 1. The Bertz CT molecular complexity index is 1920. The van der Waals surface area contributed by atoms with E-state index >= 15 is 0 Å². The fraction of sp³-hybridized carbons (Fsp3) is 0.158. The molecule has 0 bridgehead atoms. The molecule has 9 heteroatoms. The summed E-state index contributed by atoms with van der Waals surface area (Å²) >= 11 is 0. The van der Waals surface area contributed by atoms with Crippen LogP contribution in [-0.2, 0) is 35.8 Å². The average molecular weight is 648 g/mol. The maximum Gasteiger partial charge on any atom is 0.339 e. The summed E-state index contributed by atoms with van der Waals surface area (Å²) in [5.74, 6) is -3.65. The number of nitrogens with two attached hydrogens (primary N) is 1. The van der Waals surface area contributed by atoms with Crippen LogP contribution in [0.2, 0.25) is 0 Å². The van der Waals surface area contributed by atoms with Gasteiger partial charge in [-0.05, 0) is 57.6 Å². The second-order valence-electron chi connectivity index (χ2n) is 11.2. The van der Waals surface area contributed by atoms with Gasteiger partial charge in [0, 0.05) is 12.5 Å². The number of esters is 2. The van der Waals surface area contributed by atoms with E-state index in [9.17, 15) is 18.0 Å². The van der Waals surface area contributed by atoms with Crippen molar-refractivity contribution in [1.29, 1.82) is 0 Å². The van der Waals surface area contributed by atoms with Crippen LogP contribution in [0, 0.1) is 5.92 Å². The van der Waals surface area contributed by atoms with Crippen molar-refractivity contribution in [2.24, 2.45) is 11.7 Å². The quantitative estimate of drug-likeness (QED) is 0.125. The smallest absolute Gasteiger partial charge is 0.339 e. The van der Waals surface area contributed by atoms with E-state index in [0.29, 0.717) is 5.56 Å². The Kier molecular flexibility index (Phi) is 9.47. The molecule has 6 rings (SSSR count). The van der Waals surface area contributed by atoms with Gasteiger partial charge in [0.1, 0.15) is 23.9 Å². The summed E-state index contributed by atoms with van der Waals surface area (Å²) in [5.41, 5.74) is 11.6. The molecule has 5 aromatic carbocycles. The van der Waals surface area contributed by atoms with Gasteiger partial charge in [-0.1, -0.05) is 109 Å². The number of ether oxygens (including phenoxy) is 2. The number of hydrogen-bond acceptors (Lipinski definition) is 8. The molecule has 1 aliphatic carbocycles. The van der Waals surface area contributed by atoms with Crippen molar-refractivity contribution in [2.45, 2.75) is 23.3 Å². The zero-order valence-corrected chi connectivity index (χ0v) is 26.2. The highest BCUT2D eigenvalue weighted by molar-refractivity contribution is 7.87. The Morgan fingerprint density at radius 2 is 1.21 bits per heavy atom. The highest BCUT2D eigenvalue weighted by Gasteiger charge is 2.38. The number of carbonyl (C=O) groups excluding carboxylic acids is 2. The molecule has 47 heavy (non-hydrogen) atoms. The summed E-state index contributed by atoms with van der Waals surface area (Å²) in [4.78, 5) is 27.4. The van der Waals surface area contributed by atoms with Gasteiger partial charge in [0.25, 0.3) is 0 Å². The molecule has 0 heterocycles. The van der Waals surface area contributed by atoms with Crippen LogP contribution in [-0.4, -0.2) is 33.5 Å². The highest BCUT2D eigenvalue weighted by atomic mass is 32.2. The van der Waals surface area contributed by atoms with E-state index in [0.717, 1.165) is 27.8 Å². The summed E-state index contributed by atoms with van der Waals surface area (Å²) < 4.78 is 42.5. The second-order valence-corrected chi connectivity index (χ2v) is 12.7. The molecule has 0 saturated heterocycles. The first kappa shape index (κ1) is 31.7. The molecule has 2 unspecified atom stereocenters. The lowest BCUT2D eigenvalue weighted by Gasteiger charge is -2.25. The zero-order valence-electron chi connectivity index (χ0n) is 25.4.